The number of nitrogens with zero attached hydrogens (tertiary/aromatic N) is 2. The SMILES string of the molecule is CCC1COC(C)CN1Cc1cccc(C(N)=NO)c1. The van der Waals surface area contributed by atoms with Crippen LogP contribution in [-0.4, -0.2) is 41.2 Å². The van der Waals surface area contributed by atoms with Gasteiger partial charge in [-0.15, -0.1) is 0 Å². The Hall–Kier alpha value is -1.59. The van der Waals surface area contributed by atoms with Crippen LogP contribution in [0.5, 0.6) is 0 Å². The molecule has 2 unspecified atom stereocenters. The van der Waals surface area contributed by atoms with Gasteiger partial charge in [0.1, 0.15) is 0 Å². The van der Waals surface area contributed by atoms with E-state index in [-0.39, 0.29) is 11.9 Å². The van der Waals surface area contributed by atoms with Crippen molar-refractivity contribution in [3.8, 4) is 0 Å². The fourth-order valence-electron chi connectivity index (χ4n) is 2.60. The Balaban J connectivity index is 2.12. The van der Waals surface area contributed by atoms with Gasteiger partial charge in [-0.3, -0.25) is 4.90 Å². The van der Waals surface area contributed by atoms with E-state index >= 15 is 0 Å². The van der Waals surface area contributed by atoms with Crippen molar-refractivity contribution in [2.24, 2.45) is 10.9 Å². The van der Waals surface area contributed by atoms with Crippen molar-refractivity contribution in [3.05, 3.63) is 35.4 Å². The van der Waals surface area contributed by atoms with E-state index in [4.69, 9.17) is 15.7 Å². The predicted octanol–water partition coefficient (Wildman–Crippen LogP) is 1.78. The minimum absolute atomic E-state index is 0.147. The first-order valence-corrected chi connectivity index (χ1v) is 7.06. The maximum Gasteiger partial charge on any atom is 0.170 e. The molecule has 20 heavy (non-hydrogen) atoms. The van der Waals surface area contributed by atoms with Crippen molar-refractivity contribution in [3.63, 3.8) is 0 Å². The molecule has 1 aromatic rings. The molecule has 1 aliphatic heterocycles. The zero-order valence-electron chi connectivity index (χ0n) is 12.1. The first kappa shape index (κ1) is 14.8. The number of nitrogens with two attached hydrogens (primary N) is 1. The summed E-state index contributed by atoms with van der Waals surface area (Å²) in [6.45, 7) is 6.87. The van der Waals surface area contributed by atoms with Crippen LogP contribution in [0.3, 0.4) is 0 Å². The number of hydrogen-bond donors (Lipinski definition) is 2. The quantitative estimate of drug-likeness (QED) is 0.381. The second kappa shape index (κ2) is 6.72. The topological polar surface area (TPSA) is 71.1 Å². The fraction of sp³-hybridized carbons (Fsp3) is 0.533. The number of benzene rings is 1. The Kier molecular flexibility index (Phi) is 4.98. The van der Waals surface area contributed by atoms with Crippen molar-refractivity contribution in [2.75, 3.05) is 13.2 Å². The van der Waals surface area contributed by atoms with E-state index in [1.54, 1.807) is 0 Å². The van der Waals surface area contributed by atoms with Gasteiger partial charge in [-0.25, -0.2) is 0 Å². The summed E-state index contributed by atoms with van der Waals surface area (Å²) in [5.41, 5.74) is 7.56. The van der Waals surface area contributed by atoms with Gasteiger partial charge in [-0.05, 0) is 25.0 Å². The van der Waals surface area contributed by atoms with E-state index in [0.717, 1.165) is 31.7 Å². The highest BCUT2D eigenvalue weighted by Gasteiger charge is 2.25. The maximum absolute atomic E-state index is 8.75. The molecule has 0 saturated carbocycles. The molecule has 0 aliphatic carbocycles. The molecular formula is C15H23N3O2. The van der Waals surface area contributed by atoms with E-state index in [9.17, 15) is 0 Å². The largest absolute Gasteiger partial charge is 0.409 e. The van der Waals surface area contributed by atoms with Crippen LogP contribution in [0.25, 0.3) is 0 Å². The van der Waals surface area contributed by atoms with E-state index in [0.29, 0.717) is 6.04 Å². The molecule has 3 N–H and O–H groups in total. The molecule has 0 radical (unpaired) electrons. The standard InChI is InChI=1S/C15H23N3O2/c1-3-14-10-20-11(2)8-18(14)9-12-5-4-6-13(7-12)15(16)17-19/h4-7,11,14,19H,3,8-10H2,1-2H3,(H2,16,17). The smallest absolute Gasteiger partial charge is 0.170 e. The second-order valence-electron chi connectivity index (χ2n) is 5.32. The molecule has 1 aliphatic rings. The van der Waals surface area contributed by atoms with Crippen molar-refractivity contribution < 1.29 is 9.94 Å². The predicted molar refractivity (Wildman–Crippen MR) is 78.9 cm³/mol. The van der Waals surface area contributed by atoms with Crippen LogP contribution in [0.15, 0.2) is 29.4 Å². The third kappa shape index (κ3) is 3.49. The lowest BCUT2D eigenvalue weighted by Gasteiger charge is -2.38. The first-order valence-electron chi connectivity index (χ1n) is 7.06. The Morgan fingerprint density at radius 3 is 3.05 bits per heavy atom. The van der Waals surface area contributed by atoms with Gasteiger partial charge in [0.2, 0.25) is 0 Å². The van der Waals surface area contributed by atoms with Gasteiger partial charge in [0.25, 0.3) is 0 Å². The highest BCUT2D eigenvalue weighted by atomic mass is 16.5. The van der Waals surface area contributed by atoms with Crippen molar-refractivity contribution in [1.29, 1.82) is 0 Å². The van der Waals surface area contributed by atoms with E-state index < -0.39 is 0 Å². The molecule has 2 rings (SSSR count). The Bertz CT molecular complexity index is 476. The first-order chi connectivity index (χ1) is 9.63. The van der Waals surface area contributed by atoms with Crippen LogP contribution >= 0.6 is 0 Å². The van der Waals surface area contributed by atoms with Crippen LogP contribution in [0, 0.1) is 0 Å². The lowest BCUT2D eigenvalue weighted by Crippen LogP contribution is -2.47. The molecule has 0 aromatic heterocycles. The average Bonchev–Trinajstić information content (AvgIpc) is 2.47. The molecule has 110 valence electrons. The minimum atomic E-state index is 0.147. The van der Waals surface area contributed by atoms with Gasteiger partial charge >= 0.3 is 0 Å². The van der Waals surface area contributed by atoms with Gasteiger partial charge in [-0.2, -0.15) is 0 Å². The molecule has 1 fully saturated rings. The summed E-state index contributed by atoms with van der Waals surface area (Å²) in [4.78, 5) is 2.44. The summed E-state index contributed by atoms with van der Waals surface area (Å²) in [7, 11) is 0. The van der Waals surface area contributed by atoms with Gasteiger partial charge in [0, 0.05) is 24.7 Å². The number of hydrogen-bond acceptors (Lipinski definition) is 4. The normalized spacial score (nSPS) is 24.8. The molecule has 0 amide bonds. The molecule has 1 heterocycles. The van der Waals surface area contributed by atoms with Crippen molar-refractivity contribution >= 4 is 5.84 Å². The monoisotopic (exact) mass is 277 g/mol. The van der Waals surface area contributed by atoms with Crippen LogP contribution in [0.2, 0.25) is 0 Å². The fourth-order valence-corrected chi connectivity index (χ4v) is 2.60. The summed E-state index contributed by atoms with van der Waals surface area (Å²) in [5, 5.41) is 11.8. The van der Waals surface area contributed by atoms with E-state index in [1.165, 1.54) is 5.56 Å². The molecule has 5 heteroatoms. The minimum Gasteiger partial charge on any atom is -0.409 e. The lowest BCUT2D eigenvalue weighted by molar-refractivity contribution is -0.0592. The van der Waals surface area contributed by atoms with Gasteiger partial charge in [-0.1, -0.05) is 30.3 Å². The maximum atomic E-state index is 8.75. The van der Waals surface area contributed by atoms with Crippen molar-refractivity contribution in [2.45, 2.75) is 39.0 Å². The summed E-state index contributed by atoms with van der Waals surface area (Å²) >= 11 is 0. The average molecular weight is 277 g/mol. The van der Waals surface area contributed by atoms with E-state index in [1.807, 2.05) is 18.2 Å². The van der Waals surface area contributed by atoms with Crippen LogP contribution in [-0.2, 0) is 11.3 Å². The molecule has 0 bridgehead atoms. The van der Waals surface area contributed by atoms with Gasteiger partial charge in [0.15, 0.2) is 5.84 Å². The van der Waals surface area contributed by atoms with Crippen molar-refractivity contribution in [1.82, 2.24) is 4.90 Å². The second-order valence-corrected chi connectivity index (χ2v) is 5.32. The number of amidine groups is 1. The Labute approximate surface area is 120 Å². The molecule has 1 saturated heterocycles. The van der Waals surface area contributed by atoms with Crippen LogP contribution in [0.1, 0.15) is 31.4 Å². The zero-order valence-corrected chi connectivity index (χ0v) is 12.1. The third-order valence-corrected chi connectivity index (χ3v) is 3.77. The van der Waals surface area contributed by atoms with Gasteiger partial charge in [0.05, 0.1) is 12.7 Å². The third-order valence-electron chi connectivity index (χ3n) is 3.77. The molecule has 2 atom stereocenters. The molecule has 1 aromatic carbocycles. The number of ether oxygens (including phenoxy) is 1. The number of oxime groups is 1. The zero-order chi connectivity index (χ0) is 14.5. The molecular weight excluding hydrogens is 254 g/mol. The summed E-state index contributed by atoms with van der Waals surface area (Å²) in [6.07, 6.45) is 1.34. The van der Waals surface area contributed by atoms with E-state index in [2.05, 4.69) is 30.0 Å². The van der Waals surface area contributed by atoms with Crippen LogP contribution in [0.4, 0.5) is 0 Å². The lowest BCUT2D eigenvalue weighted by atomic mass is 10.1. The summed E-state index contributed by atoms with van der Waals surface area (Å²) < 4.78 is 5.71. The Morgan fingerprint density at radius 1 is 1.55 bits per heavy atom. The Morgan fingerprint density at radius 2 is 2.35 bits per heavy atom. The highest BCUT2D eigenvalue weighted by molar-refractivity contribution is 5.97. The highest BCUT2D eigenvalue weighted by Crippen LogP contribution is 2.18. The number of rotatable bonds is 4. The van der Waals surface area contributed by atoms with Crippen LogP contribution < -0.4 is 5.73 Å². The molecule has 0 spiro atoms. The summed E-state index contributed by atoms with van der Waals surface area (Å²) in [5.74, 6) is 0.147. The molecule has 5 nitrogen and oxygen atoms in total. The van der Waals surface area contributed by atoms with Gasteiger partial charge < -0.3 is 15.7 Å². The summed E-state index contributed by atoms with van der Waals surface area (Å²) in [6, 6.07) is 8.28. The number of morpholine rings is 1.